The third-order valence-corrected chi connectivity index (χ3v) is 0. The van der Waals surface area contributed by atoms with Crippen molar-refractivity contribution in [3.8, 4) is 0 Å². The van der Waals surface area contributed by atoms with E-state index in [9.17, 15) is 0 Å². The Labute approximate surface area is 145 Å². The van der Waals surface area contributed by atoms with Gasteiger partial charge in [-0.3, -0.25) is 0 Å². The summed E-state index contributed by atoms with van der Waals surface area (Å²) in [6, 6.07) is 0. The predicted octanol–water partition coefficient (Wildman–Crippen LogP) is -9.53. The van der Waals surface area contributed by atoms with Gasteiger partial charge in [-0.1, -0.05) is 0 Å². The molecule has 0 atom stereocenters. The topological polar surface area (TPSA) is 0 Å². The van der Waals surface area contributed by atoms with Gasteiger partial charge in [0.1, 0.15) is 0 Å². The van der Waals surface area contributed by atoms with E-state index in [4.69, 9.17) is 0 Å². The minimum atomic E-state index is 0. The Kier molecular flexibility index (Phi) is 478. The Bertz CT molecular complexity index is 21.8. The maximum atomic E-state index is 0. The molecule has 0 aromatic heterocycles. The monoisotopic (exact) mass is 472 g/mol. The molecule has 0 radical (unpaired) electrons. The SMILES string of the molecule is [Al+3].[Ba+2].[F-].[F-].[F-].[Gd].[H-].[H-].[Zr]. The average Bonchev–Trinajstić information content (AvgIpc) is 0. The van der Waals surface area contributed by atoms with E-state index in [1.54, 1.807) is 0 Å². The molecular weight excluding hydrogens is 470 g/mol. The van der Waals surface area contributed by atoms with Gasteiger partial charge in [-0.15, -0.1) is 0 Å². The van der Waals surface area contributed by atoms with Crippen molar-refractivity contribution in [3.05, 3.63) is 0 Å². The van der Waals surface area contributed by atoms with Crippen LogP contribution in [0.1, 0.15) is 2.85 Å². The van der Waals surface area contributed by atoms with Crippen LogP contribution in [-0.2, 0) is 26.2 Å². The second-order valence-electron chi connectivity index (χ2n) is 0. The molecule has 0 unspecified atom stereocenters. The van der Waals surface area contributed by atoms with Gasteiger partial charge in [-0.25, -0.2) is 0 Å². The van der Waals surface area contributed by atoms with Crippen LogP contribution in [0.3, 0.4) is 0 Å². The quantitative estimate of drug-likeness (QED) is 0.308. The molecule has 0 spiro atoms. The first-order valence-electron chi connectivity index (χ1n) is 0. The van der Waals surface area contributed by atoms with Crippen molar-refractivity contribution >= 4 is 66.2 Å². The number of hydrogen-bond acceptors (Lipinski definition) is 0. The number of hydrogen-bond donors (Lipinski definition) is 0. The Morgan fingerprint density at radius 2 is 0.857 bits per heavy atom. The van der Waals surface area contributed by atoms with Gasteiger partial charge < -0.3 is 17.0 Å². The molecule has 0 N–H and O–H groups in total. The summed E-state index contributed by atoms with van der Waals surface area (Å²) in [5.74, 6) is 0. The van der Waals surface area contributed by atoms with Crippen LogP contribution in [0, 0.1) is 39.9 Å². The summed E-state index contributed by atoms with van der Waals surface area (Å²) in [4.78, 5) is 0. The van der Waals surface area contributed by atoms with Crippen molar-refractivity contribution in [1.82, 2.24) is 0 Å². The molecule has 7 heteroatoms. The van der Waals surface area contributed by atoms with Gasteiger partial charge in [0.05, 0.1) is 0 Å². The Morgan fingerprint density at radius 1 is 0.857 bits per heavy atom. The molecule has 0 aliphatic rings. The van der Waals surface area contributed by atoms with Crippen LogP contribution in [0.4, 0.5) is 0 Å². The molecule has 0 saturated heterocycles. The standard InChI is InChI=1S/Al.Ba.3FH.Gd.Zr.2H/h;;3*1H;;;;/q+3;+2;;;;;;2*-1/p-3. The van der Waals surface area contributed by atoms with E-state index in [1.165, 1.54) is 0 Å². The second-order valence-corrected chi connectivity index (χ2v) is 0. The van der Waals surface area contributed by atoms with Crippen molar-refractivity contribution in [1.29, 1.82) is 0 Å². The summed E-state index contributed by atoms with van der Waals surface area (Å²) in [7, 11) is 0. The fraction of sp³-hybridized carbons (Fsp3) is 0. The molecule has 0 nitrogen and oxygen atoms in total. The van der Waals surface area contributed by atoms with E-state index < -0.39 is 0 Å². The maximum absolute atomic E-state index is 0. The minimum Gasteiger partial charge on any atom is -1.00 e. The molecule has 40 valence electrons. The van der Waals surface area contributed by atoms with Crippen LogP contribution in [-0.4, -0.2) is 66.2 Å². The van der Waals surface area contributed by atoms with Gasteiger partial charge in [0.15, 0.2) is 0 Å². The molecule has 7 heavy (non-hydrogen) atoms. The predicted molar refractivity (Wildman–Crippen MR) is 13.7 cm³/mol. The van der Waals surface area contributed by atoms with Crippen LogP contribution in [0.25, 0.3) is 0 Å². The van der Waals surface area contributed by atoms with E-state index in [1.807, 2.05) is 0 Å². The first-order valence-corrected chi connectivity index (χ1v) is 0. The zero-order chi connectivity index (χ0) is 0. The largest absolute Gasteiger partial charge is 3.00 e. The molecule has 0 rings (SSSR count). The average molecular weight is 472 g/mol. The molecule has 0 aliphatic heterocycles. The van der Waals surface area contributed by atoms with Crippen molar-refractivity contribution < 1.29 is 83.1 Å². The van der Waals surface area contributed by atoms with Crippen LogP contribution >= 0.6 is 0 Å². The normalized spacial score (nSPS) is 0. The zero-order valence-corrected chi connectivity index (χ0v) is 13.6. The van der Waals surface area contributed by atoms with Crippen molar-refractivity contribution in [2.24, 2.45) is 0 Å². The van der Waals surface area contributed by atoms with E-state index in [0.29, 0.717) is 0 Å². The summed E-state index contributed by atoms with van der Waals surface area (Å²) in [5, 5.41) is 0. The summed E-state index contributed by atoms with van der Waals surface area (Å²) in [5.41, 5.74) is 0. The number of halogens is 3. The molecule has 0 fully saturated rings. The Morgan fingerprint density at radius 3 is 0.857 bits per heavy atom. The van der Waals surface area contributed by atoms with Crippen molar-refractivity contribution in [3.63, 3.8) is 0 Å². The molecular formula is H2AlBaF3GdZr. The van der Waals surface area contributed by atoms with Crippen molar-refractivity contribution in [2.75, 3.05) is 0 Å². The Balaban J connectivity index is 0. The van der Waals surface area contributed by atoms with Gasteiger partial charge in [0, 0.05) is 66.1 Å². The number of rotatable bonds is 0. The maximum Gasteiger partial charge on any atom is 3.00 e. The Hall–Kier alpha value is 4.10. The van der Waals surface area contributed by atoms with Gasteiger partial charge in [-0.05, 0) is 0 Å². The van der Waals surface area contributed by atoms with Crippen LogP contribution < -0.4 is 14.1 Å². The van der Waals surface area contributed by atoms with Gasteiger partial charge in [-0.2, -0.15) is 0 Å². The smallest absolute Gasteiger partial charge is 1.00 e. The van der Waals surface area contributed by atoms with E-state index in [2.05, 4.69) is 0 Å². The third kappa shape index (κ3) is 39.4. The van der Waals surface area contributed by atoms with Crippen LogP contribution in [0.15, 0.2) is 0 Å². The summed E-state index contributed by atoms with van der Waals surface area (Å²) in [6.07, 6.45) is 0. The second kappa shape index (κ2) is 49.7. The summed E-state index contributed by atoms with van der Waals surface area (Å²) >= 11 is 0. The fourth-order valence-corrected chi connectivity index (χ4v) is 0. The minimum absolute atomic E-state index is 0. The van der Waals surface area contributed by atoms with E-state index in [0.717, 1.165) is 0 Å². The van der Waals surface area contributed by atoms with Gasteiger partial charge in [0.25, 0.3) is 0 Å². The van der Waals surface area contributed by atoms with E-state index in [-0.39, 0.29) is 149 Å². The molecule has 0 amide bonds. The van der Waals surface area contributed by atoms with Crippen LogP contribution in [0.5, 0.6) is 0 Å². The molecule has 0 saturated carbocycles. The summed E-state index contributed by atoms with van der Waals surface area (Å²) < 4.78 is 0. The molecule has 0 aliphatic carbocycles. The first-order chi connectivity index (χ1) is 0. The van der Waals surface area contributed by atoms with Gasteiger partial charge >= 0.3 is 66.2 Å². The van der Waals surface area contributed by atoms with E-state index >= 15 is 0 Å². The molecule has 0 bridgehead atoms. The fourth-order valence-electron chi connectivity index (χ4n) is 0. The zero-order valence-electron chi connectivity index (χ0n) is 5.27. The summed E-state index contributed by atoms with van der Waals surface area (Å²) in [6.45, 7) is 0. The molecule has 0 heterocycles. The van der Waals surface area contributed by atoms with Crippen molar-refractivity contribution in [2.45, 2.75) is 0 Å². The first kappa shape index (κ1) is 67.3. The third-order valence-electron chi connectivity index (χ3n) is 0. The van der Waals surface area contributed by atoms with Gasteiger partial charge in [0.2, 0.25) is 0 Å². The van der Waals surface area contributed by atoms with Crippen LogP contribution in [0.2, 0.25) is 0 Å². The molecule has 0 aromatic rings. The molecule has 0 aromatic carbocycles.